The van der Waals surface area contributed by atoms with E-state index in [4.69, 9.17) is 4.74 Å². The molecule has 0 unspecified atom stereocenters. The molecule has 0 radical (unpaired) electrons. The Labute approximate surface area is 138 Å². The van der Waals surface area contributed by atoms with Crippen molar-refractivity contribution in [3.63, 3.8) is 0 Å². The van der Waals surface area contributed by atoms with Crippen LogP contribution in [0, 0.1) is 17.5 Å². The van der Waals surface area contributed by atoms with Crippen LogP contribution < -0.4 is 4.74 Å². The molecule has 0 saturated heterocycles. The molecule has 0 N–H and O–H groups in total. The Morgan fingerprint density at radius 3 is 2.21 bits per heavy atom. The molecule has 3 aromatic rings. The molecule has 0 aromatic heterocycles. The fourth-order valence-corrected chi connectivity index (χ4v) is 2.67. The third-order valence-electron chi connectivity index (χ3n) is 3.90. The summed E-state index contributed by atoms with van der Waals surface area (Å²) in [6.45, 7) is 1.76. The van der Waals surface area contributed by atoms with Crippen LogP contribution in [0.25, 0.3) is 10.8 Å². The number of benzene rings is 3. The molecule has 1 nitrogen and oxygen atoms in total. The Hall–Kier alpha value is -2.49. The molecule has 0 aliphatic heterocycles. The molecule has 3 rings (SSSR count). The highest BCUT2D eigenvalue weighted by atomic mass is 19.1. The van der Waals surface area contributed by atoms with Gasteiger partial charge in [0, 0.05) is 0 Å². The standard InChI is InChI=1S/C20H17F3O/c1-2-3-13-8-19(22)18(20(23)9-13)12-24-17-7-5-14-10-16(21)6-4-15(14)11-17/h4-11H,2-3,12H2,1H3. The molecule has 0 heterocycles. The molecule has 24 heavy (non-hydrogen) atoms. The molecule has 0 saturated carbocycles. The smallest absolute Gasteiger partial charge is 0.133 e. The van der Waals surface area contributed by atoms with Crippen LogP contribution in [0.3, 0.4) is 0 Å². The summed E-state index contributed by atoms with van der Waals surface area (Å²) in [5, 5.41) is 1.54. The molecular weight excluding hydrogens is 313 g/mol. The monoisotopic (exact) mass is 330 g/mol. The second-order valence-corrected chi connectivity index (χ2v) is 5.73. The summed E-state index contributed by atoms with van der Waals surface area (Å²) < 4.78 is 46.8. The summed E-state index contributed by atoms with van der Waals surface area (Å²) in [6.07, 6.45) is 1.46. The van der Waals surface area contributed by atoms with Crippen LogP contribution in [-0.4, -0.2) is 0 Å². The first-order chi connectivity index (χ1) is 11.6. The molecule has 0 amide bonds. The second-order valence-electron chi connectivity index (χ2n) is 5.73. The number of hydrogen-bond donors (Lipinski definition) is 0. The van der Waals surface area contributed by atoms with Gasteiger partial charge in [0.25, 0.3) is 0 Å². The minimum atomic E-state index is -0.596. The first-order valence-electron chi connectivity index (χ1n) is 7.85. The van der Waals surface area contributed by atoms with Crippen LogP contribution in [0.15, 0.2) is 48.5 Å². The zero-order valence-corrected chi connectivity index (χ0v) is 13.3. The lowest BCUT2D eigenvalue weighted by molar-refractivity contribution is 0.293. The lowest BCUT2D eigenvalue weighted by Crippen LogP contribution is -2.03. The molecule has 0 spiro atoms. The van der Waals surface area contributed by atoms with Crippen molar-refractivity contribution in [1.29, 1.82) is 0 Å². The Bertz CT molecular complexity index is 851. The molecule has 0 atom stereocenters. The highest BCUT2D eigenvalue weighted by Crippen LogP contribution is 2.24. The summed E-state index contributed by atoms with van der Waals surface area (Å²) in [7, 11) is 0. The van der Waals surface area contributed by atoms with Crippen molar-refractivity contribution in [2.45, 2.75) is 26.4 Å². The third kappa shape index (κ3) is 3.53. The number of halogens is 3. The molecular formula is C20H17F3O. The maximum atomic E-state index is 14.1. The van der Waals surface area contributed by atoms with Gasteiger partial charge in [0.05, 0.1) is 5.56 Å². The largest absolute Gasteiger partial charge is 0.489 e. The topological polar surface area (TPSA) is 9.23 Å². The van der Waals surface area contributed by atoms with E-state index in [-0.39, 0.29) is 18.0 Å². The third-order valence-corrected chi connectivity index (χ3v) is 3.90. The average Bonchev–Trinajstić information content (AvgIpc) is 2.54. The van der Waals surface area contributed by atoms with Crippen LogP contribution >= 0.6 is 0 Å². The van der Waals surface area contributed by atoms with E-state index in [1.165, 1.54) is 24.3 Å². The number of hydrogen-bond acceptors (Lipinski definition) is 1. The van der Waals surface area contributed by atoms with E-state index in [2.05, 4.69) is 0 Å². The van der Waals surface area contributed by atoms with Gasteiger partial charge in [-0.2, -0.15) is 0 Å². The van der Waals surface area contributed by atoms with Crippen molar-refractivity contribution in [2.75, 3.05) is 0 Å². The highest BCUT2D eigenvalue weighted by molar-refractivity contribution is 5.83. The van der Waals surface area contributed by atoms with Crippen molar-refractivity contribution in [1.82, 2.24) is 0 Å². The summed E-state index contributed by atoms with van der Waals surface area (Å²) in [4.78, 5) is 0. The van der Waals surface area contributed by atoms with Gasteiger partial charge in [-0.05, 0) is 59.2 Å². The van der Waals surface area contributed by atoms with Gasteiger partial charge in [-0.15, -0.1) is 0 Å². The number of fused-ring (bicyclic) bond motifs is 1. The quantitative estimate of drug-likeness (QED) is 0.575. The van der Waals surface area contributed by atoms with E-state index < -0.39 is 11.6 Å². The van der Waals surface area contributed by atoms with Crippen molar-refractivity contribution in [3.8, 4) is 5.75 Å². The van der Waals surface area contributed by atoms with Gasteiger partial charge in [-0.3, -0.25) is 0 Å². The Morgan fingerprint density at radius 2 is 1.50 bits per heavy atom. The fourth-order valence-electron chi connectivity index (χ4n) is 2.67. The van der Waals surface area contributed by atoms with Gasteiger partial charge < -0.3 is 4.74 Å². The highest BCUT2D eigenvalue weighted by Gasteiger charge is 2.12. The van der Waals surface area contributed by atoms with Gasteiger partial charge in [0.1, 0.15) is 29.8 Å². The zero-order valence-electron chi connectivity index (χ0n) is 13.3. The lowest BCUT2D eigenvalue weighted by atomic mass is 10.1. The normalized spacial score (nSPS) is 11.0. The van der Waals surface area contributed by atoms with Gasteiger partial charge >= 0.3 is 0 Å². The van der Waals surface area contributed by atoms with E-state index in [0.29, 0.717) is 17.7 Å². The maximum absolute atomic E-state index is 14.1. The van der Waals surface area contributed by atoms with E-state index in [0.717, 1.165) is 17.2 Å². The van der Waals surface area contributed by atoms with Crippen LogP contribution in [0.1, 0.15) is 24.5 Å². The maximum Gasteiger partial charge on any atom is 0.133 e. The number of ether oxygens (including phenoxy) is 1. The van der Waals surface area contributed by atoms with Gasteiger partial charge in [0.2, 0.25) is 0 Å². The van der Waals surface area contributed by atoms with Crippen LogP contribution in [0.4, 0.5) is 13.2 Å². The number of aryl methyl sites for hydroxylation is 1. The predicted molar refractivity (Wildman–Crippen MR) is 88.6 cm³/mol. The minimum absolute atomic E-state index is 0.0888. The van der Waals surface area contributed by atoms with Gasteiger partial charge in [0.15, 0.2) is 0 Å². The van der Waals surface area contributed by atoms with Crippen LogP contribution in [0.2, 0.25) is 0 Å². The molecule has 0 bridgehead atoms. The second kappa shape index (κ2) is 6.95. The van der Waals surface area contributed by atoms with Crippen LogP contribution in [0.5, 0.6) is 5.75 Å². The fraction of sp³-hybridized carbons (Fsp3) is 0.200. The number of rotatable bonds is 5. The minimum Gasteiger partial charge on any atom is -0.489 e. The zero-order chi connectivity index (χ0) is 17.1. The molecule has 0 aliphatic carbocycles. The Morgan fingerprint density at radius 1 is 0.833 bits per heavy atom. The Kier molecular flexibility index (Phi) is 4.74. The SMILES string of the molecule is CCCc1cc(F)c(COc2ccc3cc(F)ccc3c2)c(F)c1. The van der Waals surface area contributed by atoms with Gasteiger partial charge in [-0.1, -0.05) is 25.5 Å². The molecule has 0 fully saturated rings. The lowest BCUT2D eigenvalue weighted by Gasteiger charge is -2.10. The van der Waals surface area contributed by atoms with E-state index in [9.17, 15) is 13.2 Å². The van der Waals surface area contributed by atoms with Crippen molar-refractivity contribution < 1.29 is 17.9 Å². The average molecular weight is 330 g/mol. The van der Waals surface area contributed by atoms with E-state index in [1.54, 1.807) is 24.3 Å². The summed E-state index contributed by atoms with van der Waals surface area (Å²) in [5.74, 6) is -1.03. The van der Waals surface area contributed by atoms with Gasteiger partial charge in [-0.25, -0.2) is 13.2 Å². The van der Waals surface area contributed by atoms with Crippen molar-refractivity contribution >= 4 is 10.8 Å². The van der Waals surface area contributed by atoms with Crippen molar-refractivity contribution in [2.24, 2.45) is 0 Å². The van der Waals surface area contributed by atoms with Crippen molar-refractivity contribution in [3.05, 3.63) is 77.1 Å². The predicted octanol–water partition coefficient (Wildman–Crippen LogP) is 5.79. The first kappa shape index (κ1) is 16.4. The summed E-state index contributed by atoms with van der Waals surface area (Å²) in [5.41, 5.74) is 0.554. The Balaban J connectivity index is 1.79. The molecule has 3 aromatic carbocycles. The van der Waals surface area contributed by atoms with Crippen LogP contribution in [-0.2, 0) is 13.0 Å². The van der Waals surface area contributed by atoms with E-state index in [1.807, 2.05) is 6.92 Å². The molecule has 0 aliphatic rings. The summed E-state index contributed by atoms with van der Waals surface area (Å²) >= 11 is 0. The summed E-state index contributed by atoms with van der Waals surface area (Å²) in [6, 6.07) is 12.2. The molecule has 4 heteroatoms. The van der Waals surface area contributed by atoms with E-state index >= 15 is 0 Å². The molecule has 124 valence electrons. The first-order valence-corrected chi connectivity index (χ1v) is 7.85.